The summed E-state index contributed by atoms with van der Waals surface area (Å²) in [4.78, 5) is 16.4. The Hall–Kier alpha value is -1.48. The Morgan fingerprint density at radius 3 is 2.82 bits per heavy atom. The second kappa shape index (κ2) is 5.23. The minimum atomic E-state index is 0.189. The molecule has 1 aromatic carbocycles. The van der Waals surface area contributed by atoms with Gasteiger partial charge in [-0.25, -0.2) is 4.98 Å². The topological polar surface area (TPSA) is 30.0 Å². The second-order valence-corrected chi connectivity index (χ2v) is 4.96. The summed E-state index contributed by atoms with van der Waals surface area (Å²) in [5, 5.41) is 0.906. The average Bonchev–Trinajstić information content (AvgIpc) is 2.72. The van der Waals surface area contributed by atoms with Crippen LogP contribution in [0.4, 0.5) is 0 Å². The summed E-state index contributed by atoms with van der Waals surface area (Å²) >= 11 is 1.60. The van der Waals surface area contributed by atoms with Gasteiger partial charge in [-0.15, -0.1) is 11.3 Å². The fourth-order valence-electron chi connectivity index (χ4n) is 1.81. The largest absolute Gasteiger partial charge is 0.294 e. The molecule has 17 heavy (non-hydrogen) atoms. The highest BCUT2D eigenvalue weighted by Gasteiger charge is 2.11. The van der Waals surface area contributed by atoms with Crippen molar-refractivity contribution in [3.63, 3.8) is 0 Å². The van der Waals surface area contributed by atoms with E-state index >= 15 is 0 Å². The van der Waals surface area contributed by atoms with E-state index < -0.39 is 0 Å². The third kappa shape index (κ3) is 2.61. The van der Waals surface area contributed by atoms with Crippen molar-refractivity contribution in [3.05, 3.63) is 40.9 Å². The van der Waals surface area contributed by atoms with Crippen LogP contribution < -0.4 is 0 Å². The number of ketones is 1. The molecule has 2 nitrogen and oxygen atoms in total. The molecule has 0 aliphatic rings. The highest BCUT2D eigenvalue weighted by Crippen LogP contribution is 2.22. The summed E-state index contributed by atoms with van der Waals surface area (Å²) in [5.41, 5.74) is 1.88. The van der Waals surface area contributed by atoms with Crippen LogP contribution in [-0.4, -0.2) is 10.8 Å². The van der Waals surface area contributed by atoms with Crippen molar-refractivity contribution in [2.24, 2.45) is 0 Å². The third-order valence-corrected chi connectivity index (χ3v) is 3.77. The van der Waals surface area contributed by atoms with Gasteiger partial charge in [0.05, 0.1) is 16.6 Å². The third-order valence-electron chi connectivity index (χ3n) is 2.74. The zero-order chi connectivity index (χ0) is 12.3. The number of aromatic nitrogens is 1. The van der Waals surface area contributed by atoms with Crippen molar-refractivity contribution in [1.82, 2.24) is 4.98 Å². The van der Waals surface area contributed by atoms with E-state index in [-0.39, 0.29) is 5.78 Å². The summed E-state index contributed by atoms with van der Waals surface area (Å²) in [6.07, 6.45) is 3.11. The molecular weight excluding hydrogens is 230 g/mol. The molecule has 2 rings (SSSR count). The lowest BCUT2D eigenvalue weighted by atomic mass is 10.1. The lowest BCUT2D eigenvalue weighted by Gasteiger charge is -1.99. The lowest BCUT2D eigenvalue weighted by molar-refractivity contribution is -0.115. The van der Waals surface area contributed by atoms with Crippen LogP contribution >= 0.6 is 11.3 Å². The molecule has 1 aromatic heterocycles. The Bertz CT molecular complexity index is 535. The van der Waals surface area contributed by atoms with E-state index in [0.29, 0.717) is 6.42 Å². The van der Waals surface area contributed by atoms with Crippen LogP contribution in [0.5, 0.6) is 0 Å². The number of thiazole rings is 1. The van der Waals surface area contributed by atoms with Crippen LogP contribution in [0.1, 0.15) is 25.3 Å². The van der Waals surface area contributed by atoms with Crippen LogP contribution in [0.3, 0.4) is 0 Å². The van der Waals surface area contributed by atoms with Crippen LogP contribution in [0.25, 0.3) is 10.2 Å². The molecule has 0 N–H and O–H groups in total. The van der Waals surface area contributed by atoms with Gasteiger partial charge in [-0.3, -0.25) is 4.79 Å². The number of allylic oxidation sites excluding steroid dienone is 2. The first-order valence-electron chi connectivity index (χ1n) is 5.77. The Labute approximate surface area is 105 Å². The molecule has 1 heterocycles. The molecule has 88 valence electrons. The Kier molecular flexibility index (Phi) is 3.69. The molecule has 0 bridgehead atoms. The van der Waals surface area contributed by atoms with Gasteiger partial charge in [0.2, 0.25) is 0 Å². The average molecular weight is 245 g/mol. The van der Waals surface area contributed by atoms with E-state index in [1.165, 1.54) is 0 Å². The highest BCUT2D eigenvalue weighted by molar-refractivity contribution is 7.18. The summed E-state index contributed by atoms with van der Waals surface area (Å²) in [6, 6.07) is 7.99. The predicted octanol–water partition coefficient (Wildman–Crippen LogP) is 3.76. The molecule has 0 fully saturated rings. The van der Waals surface area contributed by atoms with Crippen molar-refractivity contribution in [2.45, 2.75) is 26.7 Å². The molecule has 0 saturated heterocycles. The van der Waals surface area contributed by atoms with Gasteiger partial charge in [-0.2, -0.15) is 0 Å². The monoisotopic (exact) mass is 245 g/mol. The molecule has 2 aromatic rings. The molecule has 0 radical (unpaired) electrons. The molecule has 0 atom stereocenters. The summed E-state index contributed by atoms with van der Waals surface area (Å²) in [7, 11) is 0. The van der Waals surface area contributed by atoms with Crippen LogP contribution in [-0.2, 0) is 11.2 Å². The van der Waals surface area contributed by atoms with Gasteiger partial charge in [-0.05, 0) is 31.1 Å². The van der Waals surface area contributed by atoms with Gasteiger partial charge in [0.1, 0.15) is 5.01 Å². The maximum absolute atomic E-state index is 11.9. The number of hydrogen-bond acceptors (Lipinski definition) is 3. The first-order chi connectivity index (χ1) is 8.24. The fourth-order valence-corrected chi connectivity index (χ4v) is 2.77. The fraction of sp³-hybridized carbons (Fsp3) is 0.286. The maximum atomic E-state index is 11.9. The molecule has 0 unspecified atom stereocenters. The van der Waals surface area contributed by atoms with E-state index in [1.54, 1.807) is 11.3 Å². The van der Waals surface area contributed by atoms with Crippen molar-refractivity contribution in [3.8, 4) is 0 Å². The summed E-state index contributed by atoms with van der Waals surface area (Å²) < 4.78 is 1.15. The molecule has 0 saturated carbocycles. The number of benzene rings is 1. The van der Waals surface area contributed by atoms with Crippen molar-refractivity contribution in [2.75, 3.05) is 0 Å². The van der Waals surface area contributed by atoms with Gasteiger partial charge in [0.15, 0.2) is 5.78 Å². The number of Topliss-reactive ketones (excluding diaryl/α,β-unsaturated/α-hetero) is 1. The normalized spacial score (nSPS) is 12.0. The van der Waals surface area contributed by atoms with E-state index in [0.717, 1.165) is 27.2 Å². The van der Waals surface area contributed by atoms with Crippen LogP contribution in [0, 0.1) is 0 Å². The number of fused-ring (bicyclic) bond motifs is 1. The Morgan fingerprint density at radius 1 is 1.41 bits per heavy atom. The standard InChI is InChI=1S/C14H15NOS/c1-3-10(4-2)12(16)9-14-15-11-7-5-6-8-13(11)17-14/h3,5-8H,4,9H2,1-2H3/b10-3-. The van der Waals surface area contributed by atoms with Gasteiger partial charge < -0.3 is 0 Å². The maximum Gasteiger partial charge on any atom is 0.165 e. The zero-order valence-electron chi connectivity index (χ0n) is 10.1. The smallest absolute Gasteiger partial charge is 0.165 e. The molecule has 0 aliphatic carbocycles. The number of nitrogens with zero attached hydrogens (tertiary/aromatic N) is 1. The van der Waals surface area contributed by atoms with Crippen molar-refractivity contribution in [1.29, 1.82) is 0 Å². The number of rotatable bonds is 4. The minimum Gasteiger partial charge on any atom is -0.294 e. The minimum absolute atomic E-state index is 0.189. The molecule has 0 amide bonds. The van der Waals surface area contributed by atoms with Crippen LogP contribution in [0.2, 0.25) is 0 Å². The van der Waals surface area contributed by atoms with Crippen molar-refractivity contribution >= 4 is 27.3 Å². The van der Waals surface area contributed by atoms with E-state index in [4.69, 9.17) is 0 Å². The van der Waals surface area contributed by atoms with E-state index in [1.807, 2.05) is 44.2 Å². The Balaban J connectivity index is 2.21. The van der Waals surface area contributed by atoms with Crippen molar-refractivity contribution < 1.29 is 4.79 Å². The van der Waals surface area contributed by atoms with Gasteiger partial charge in [0, 0.05) is 0 Å². The number of para-hydroxylation sites is 1. The van der Waals surface area contributed by atoms with E-state index in [9.17, 15) is 4.79 Å². The zero-order valence-corrected chi connectivity index (χ0v) is 10.9. The number of carbonyl (C=O) groups excluding carboxylic acids is 1. The van der Waals surface area contributed by atoms with Gasteiger partial charge >= 0.3 is 0 Å². The summed E-state index contributed by atoms with van der Waals surface area (Å²) in [5.74, 6) is 0.189. The quantitative estimate of drug-likeness (QED) is 0.768. The number of hydrogen-bond donors (Lipinski definition) is 0. The summed E-state index contributed by atoms with van der Waals surface area (Å²) in [6.45, 7) is 3.92. The SMILES string of the molecule is C/C=C(/CC)C(=O)Cc1nc2ccccc2s1. The highest BCUT2D eigenvalue weighted by atomic mass is 32.1. The predicted molar refractivity (Wildman–Crippen MR) is 72.4 cm³/mol. The first-order valence-corrected chi connectivity index (χ1v) is 6.59. The van der Waals surface area contributed by atoms with E-state index in [2.05, 4.69) is 4.98 Å². The Morgan fingerprint density at radius 2 is 2.18 bits per heavy atom. The second-order valence-electron chi connectivity index (χ2n) is 3.84. The van der Waals surface area contributed by atoms with Gasteiger partial charge in [0.25, 0.3) is 0 Å². The van der Waals surface area contributed by atoms with Crippen LogP contribution in [0.15, 0.2) is 35.9 Å². The van der Waals surface area contributed by atoms with Gasteiger partial charge in [-0.1, -0.05) is 25.1 Å². The first kappa shape index (κ1) is 12.0. The molecule has 0 spiro atoms. The molecular formula is C14H15NOS. The molecule has 3 heteroatoms. The molecule has 0 aliphatic heterocycles. The number of carbonyl (C=O) groups is 1. The lowest BCUT2D eigenvalue weighted by Crippen LogP contribution is -2.05.